The average molecular weight is 330 g/mol. The highest BCUT2D eigenvalue weighted by Crippen LogP contribution is 2.49. The van der Waals surface area contributed by atoms with Gasteiger partial charge in [-0.15, -0.1) is 12.4 Å². The maximum Gasteiger partial charge on any atom is 0.234 e. The van der Waals surface area contributed by atoms with Crippen LogP contribution in [0.25, 0.3) is 0 Å². The second-order valence-corrected chi connectivity index (χ2v) is 7.55. The van der Waals surface area contributed by atoms with Gasteiger partial charge in [0, 0.05) is 18.6 Å². The zero-order valence-electron chi connectivity index (χ0n) is 13.8. The monoisotopic (exact) mass is 329 g/mol. The summed E-state index contributed by atoms with van der Waals surface area (Å²) in [5.74, 6) is 2.74. The number of hydrogen-bond acceptors (Lipinski definition) is 3. The first-order valence-electron chi connectivity index (χ1n) is 8.91. The van der Waals surface area contributed by atoms with Crippen molar-refractivity contribution in [3.63, 3.8) is 0 Å². The minimum absolute atomic E-state index is 0. The Labute approximate surface area is 141 Å². The van der Waals surface area contributed by atoms with Crippen LogP contribution in [-0.2, 0) is 4.79 Å². The highest BCUT2D eigenvalue weighted by Gasteiger charge is 2.42. The van der Waals surface area contributed by atoms with Gasteiger partial charge in [-0.2, -0.15) is 0 Å². The summed E-state index contributed by atoms with van der Waals surface area (Å²) in [5.41, 5.74) is 5.84. The quantitative estimate of drug-likeness (QED) is 0.812. The third-order valence-corrected chi connectivity index (χ3v) is 6.19. The number of nitrogens with one attached hydrogen (secondary N) is 1. The molecular weight excluding hydrogens is 298 g/mol. The molecule has 5 atom stereocenters. The Hall–Kier alpha value is -0.320. The number of rotatable bonds is 5. The van der Waals surface area contributed by atoms with E-state index in [0.717, 1.165) is 30.7 Å². The van der Waals surface area contributed by atoms with Crippen molar-refractivity contribution in [2.75, 3.05) is 19.6 Å². The van der Waals surface area contributed by atoms with E-state index in [1.807, 2.05) is 0 Å². The summed E-state index contributed by atoms with van der Waals surface area (Å²) in [6.45, 7) is 4.44. The van der Waals surface area contributed by atoms with E-state index >= 15 is 0 Å². The van der Waals surface area contributed by atoms with E-state index in [0.29, 0.717) is 25.2 Å². The zero-order chi connectivity index (χ0) is 14.8. The molecule has 5 heteroatoms. The number of piperidine rings is 1. The van der Waals surface area contributed by atoms with Gasteiger partial charge < -0.3 is 11.1 Å². The van der Waals surface area contributed by atoms with E-state index in [-0.39, 0.29) is 18.3 Å². The largest absolute Gasteiger partial charge is 0.352 e. The predicted molar refractivity (Wildman–Crippen MR) is 92.1 cm³/mol. The molecule has 3 N–H and O–H groups in total. The Morgan fingerprint density at radius 1 is 1.27 bits per heavy atom. The number of fused-ring (bicyclic) bond motifs is 2. The Morgan fingerprint density at radius 2 is 2.09 bits per heavy atom. The van der Waals surface area contributed by atoms with E-state index < -0.39 is 0 Å². The van der Waals surface area contributed by atoms with Crippen LogP contribution < -0.4 is 11.1 Å². The third kappa shape index (κ3) is 3.95. The average Bonchev–Trinajstić information content (AvgIpc) is 3.10. The number of amides is 1. The van der Waals surface area contributed by atoms with Crippen LogP contribution in [0.5, 0.6) is 0 Å². The molecule has 1 amide bonds. The van der Waals surface area contributed by atoms with Gasteiger partial charge in [-0.3, -0.25) is 9.69 Å². The lowest BCUT2D eigenvalue weighted by Crippen LogP contribution is -2.50. The molecule has 3 aliphatic rings. The molecule has 0 aromatic rings. The number of likely N-dealkylation sites (tertiary alicyclic amines) is 1. The molecule has 2 bridgehead atoms. The standard InChI is InChI=1S/C17H31N3O.ClH/c1-12(16-9-13-5-6-14(16)8-13)19-17(21)11-20-7-3-2-4-15(20)10-18;/h12-16H,2-11,18H2,1H3,(H,19,21);1H. The van der Waals surface area contributed by atoms with Crippen LogP contribution in [0.1, 0.15) is 51.9 Å². The SMILES string of the molecule is CC(NC(=O)CN1CCCCC1CN)C1CC2CCC1C2.Cl. The number of hydrogen-bond donors (Lipinski definition) is 2. The number of nitrogens with zero attached hydrogens (tertiary/aromatic N) is 1. The minimum atomic E-state index is 0. The van der Waals surface area contributed by atoms with Crippen molar-refractivity contribution < 1.29 is 4.79 Å². The first kappa shape index (κ1) is 18.0. The molecule has 4 nitrogen and oxygen atoms in total. The third-order valence-electron chi connectivity index (χ3n) is 6.19. The highest BCUT2D eigenvalue weighted by molar-refractivity contribution is 5.85. The topological polar surface area (TPSA) is 58.4 Å². The van der Waals surface area contributed by atoms with Gasteiger partial charge >= 0.3 is 0 Å². The second kappa shape index (κ2) is 7.98. The van der Waals surface area contributed by atoms with Crippen LogP contribution in [-0.4, -0.2) is 42.5 Å². The van der Waals surface area contributed by atoms with Gasteiger partial charge in [-0.25, -0.2) is 0 Å². The molecule has 2 saturated carbocycles. The van der Waals surface area contributed by atoms with E-state index in [1.54, 1.807) is 0 Å². The molecule has 128 valence electrons. The van der Waals surface area contributed by atoms with Crippen molar-refractivity contribution in [3.05, 3.63) is 0 Å². The van der Waals surface area contributed by atoms with Crippen LogP contribution in [0.15, 0.2) is 0 Å². The zero-order valence-corrected chi connectivity index (χ0v) is 14.6. The van der Waals surface area contributed by atoms with Crippen molar-refractivity contribution in [2.24, 2.45) is 23.5 Å². The summed E-state index contributed by atoms with van der Waals surface area (Å²) in [4.78, 5) is 14.6. The van der Waals surface area contributed by atoms with Crippen molar-refractivity contribution in [1.29, 1.82) is 0 Å². The molecule has 0 aromatic heterocycles. The Bertz CT molecular complexity index is 379. The maximum absolute atomic E-state index is 12.4. The maximum atomic E-state index is 12.4. The van der Waals surface area contributed by atoms with E-state index in [1.165, 1.54) is 38.5 Å². The highest BCUT2D eigenvalue weighted by atomic mass is 35.5. The van der Waals surface area contributed by atoms with E-state index in [9.17, 15) is 4.79 Å². The van der Waals surface area contributed by atoms with Crippen LogP contribution in [0.2, 0.25) is 0 Å². The predicted octanol–water partition coefficient (Wildman–Crippen LogP) is 2.16. The molecule has 1 heterocycles. The number of nitrogens with two attached hydrogens (primary N) is 1. The molecule has 0 radical (unpaired) electrons. The van der Waals surface area contributed by atoms with Crippen molar-refractivity contribution in [2.45, 2.75) is 64.0 Å². The van der Waals surface area contributed by atoms with Gasteiger partial charge in [-0.1, -0.05) is 12.8 Å². The molecule has 22 heavy (non-hydrogen) atoms. The summed E-state index contributed by atoms with van der Waals surface area (Å²) in [5, 5.41) is 3.28. The van der Waals surface area contributed by atoms with Gasteiger partial charge in [0.2, 0.25) is 5.91 Å². The van der Waals surface area contributed by atoms with Gasteiger partial charge in [0.05, 0.1) is 6.54 Å². The van der Waals surface area contributed by atoms with Crippen LogP contribution >= 0.6 is 12.4 Å². The molecule has 3 rings (SSSR count). The summed E-state index contributed by atoms with van der Waals surface area (Å²) < 4.78 is 0. The Kier molecular flexibility index (Phi) is 6.54. The molecular formula is C17H32ClN3O. The number of carbonyl (C=O) groups excluding carboxylic acids is 1. The minimum Gasteiger partial charge on any atom is -0.352 e. The van der Waals surface area contributed by atoms with Gasteiger partial charge in [0.25, 0.3) is 0 Å². The number of halogens is 1. The first-order valence-corrected chi connectivity index (χ1v) is 8.91. The molecule has 3 fully saturated rings. The fraction of sp³-hybridized carbons (Fsp3) is 0.941. The fourth-order valence-corrected chi connectivity index (χ4v) is 5.03. The molecule has 1 aliphatic heterocycles. The van der Waals surface area contributed by atoms with Gasteiger partial charge in [-0.05, 0) is 63.3 Å². The van der Waals surface area contributed by atoms with Crippen LogP contribution in [0.3, 0.4) is 0 Å². The Morgan fingerprint density at radius 3 is 2.73 bits per heavy atom. The lowest BCUT2D eigenvalue weighted by molar-refractivity contribution is -0.124. The van der Waals surface area contributed by atoms with Crippen molar-refractivity contribution >= 4 is 18.3 Å². The lowest BCUT2D eigenvalue weighted by atomic mass is 9.84. The lowest BCUT2D eigenvalue weighted by Gasteiger charge is -2.35. The summed E-state index contributed by atoms with van der Waals surface area (Å²) in [7, 11) is 0. The molecule has 0 spiro atoms. The molecule has 1 saturated heterocycles. The fourth-order valence-electron chi connectivity index (χ4n) is 5.03. The smallest absolute Gasteiger partial charge is 0.234 e. The Balaban J connectivity index is 0.00000176. The normalized spacial score (nSPS) is 35.9. The summed E-state index contributed by atoms with van der Waals surface area (Å²) >= 11 is 0. The van der Waals surface area contributed by atoms with E-state index in [2.05, 4.69) is 17.1 Å². The van der Waals surface area contributed by atoms with Crippen LogP contribution in [0, 0.1) is 17.8 Å². The molecule has 0 aromatic carbocycles. The van der Waals surface area contributed by atoms with Crippen LogP contribution in [0.4, 0.5) is 0 Å². The molecule has 2 aliphatic carbocycles. The van der Waals surface area contributed by atoms with Crippen molar-refractivity contribution in [3.8, 4) is 0 Å². The summed E-state index contributed by atoms with van der Waals surface area (Å²) in [6.07, 6.45) is 9.15. The summed E-state index contributed by atoms with van der Waals surface area (Å²) in [6, 6.07) is 0.746. The van der Waals surface area contributed by atoms with Crippen molar-refractivity contribution in [1.82, 2.24) is 10.2 Å². The number of carbonyl (C=O) groups is 1. The van der Waals surface area contributed by atoms with Gasteiger partial charge in [0.15, 0.2) is 0 Å². The van der Waals surface area contributed by atoms with E-state index in [4.69, 9.17) is 5.73 Å². The van der Waals surface area contributed by atoms with Gasteiger partial charge in [0.1, 0.15) is 0 Å². The second-order valence-electron chi connectivity index (χ2n) is 7.55. The molecule has 5 unspecified atom stereocenters. The first-order chi connectivity index (χ1) is 10.2.